The van der Waals surface area contributed by atoms with Crippen molar-refractivity contribution >= 4 is 56.5 Å². The van der Waals surface area contributed by atoms with E-state index in [1.165, 1.54) is 4.90 Å². The minimum absolute atomic E-state index is 0.251. The van der Waals surface area contributed by atoms with E-state index in [-0.39, 0.29) is 11.1 Å². The van der Waals surface area contributed by atoms with Gasteiger partial charge in [-0.15, -0.1) is 0 Å². The summed E-state index contributed by atoms with van der Waals surface area (Å²) in [5.41, 5.74) is 1.81. The summed E-state index contributed by atoms with van der Waals surface area (Å²) in [6, 6.07) is 13.0. The smallest absolute Gasteiger partial charge is 0.293 e. The minimum atomic E-state index is -0.268. The Kier molecular flexibility index (Phi) is 7.77. The van der Waals surface area contributed by atoms with E-state index in [0.717, 1.165) is 27.4 Å². The molecule has 0 unspecified atom stereocenters. The fourth-order valence-corrected chi connectivity index (χ4v) is 4.18. The number of carbonyl (C=O) groups excluding carboxylic acids is 2. The zero-order valence-corrected chi connectivity index (χ0v) is 18.9. The SMILES string of the molecule is COCCCN1C(=O)S/C(=C/c2ccc(OCc3ccc(Cl)cc3)c(Br)c2)C1=O. The van der Waals surface area contributed by atoms with Gasteiger partial charge in [0.1, 0.15) is 12.4 Å². The Bertz CT molecular complexity index is 933. The lowest BCUT2D eigenvalue weighted by Crippen LogP contribution is -2.29. The Morgan fingerprint density at radius 3 is 2.62 bits per heavy atom. The lowest BCUT2D eigenvalue weighted by Gasteiger charge is -2.11. The summed E-state index contributed by atoms with van der Waals surface area (Å²) >= 11 is 10.4. The van der Waals surface area contributed by atoms with E-state index in [2.05, 4.69) is 15.9 Å². The first-order chi connectivity index (χ1) is 14.0. The Morgan fingerprint density at radius 2 is 1.93 bits per heavy atom. The summed E-state index contributed by atoms with van der Waals surface area (Å²) in [7, 11) is 1.59. The molecule has 152 valence electrons. The zero-order valence-electron chi connectivity index (χ0n) is 15.7. The predicted molar refractivity (Wildman–Crippen MR) is 119 cm³/mol. The molecule has 0 aromatic heterocycles. The molecule has 0 atom stereocenters. The number of carbonyl (C=O) groups is 2. The van der Waals surface area contributed by atoms with Crippen LogP contribution in [0, 0.1) is 0 Å². The van der Waals surface area contributed by atoms with Crippen molar-refractivity contribution < 1.29 is 19.1 Å². The van der Waals surface area contributed by atoms with Crippen LogP contribution in [-0.2, 0) is 16.1 Å². The highest BCUT2D eigenvalue weighted by atomic mass is 79.9. The molecular weight excluding hydrogens is 478 g/mol. The molecular formula is C21H19BrClNO4S. The summed E-state index contributed by atoms with van der Waals surface area (Å²) in [6.07, 6.45) is 2.34. The second-order valence-corrected chi connectivity index (χ2v) is 8.57. The van der Waals surface area contributed by atoms with E-state index in [4.69, 9.17) is 21.1 Å². The number of halogens is 2. The fraction of sp³-hybridized carbons (Fsp3) is 0.238. The zero-order chi connectivity index (χ0) is 20.8. The van der Waals surface area contributed by atoms with Crippen LogP contribution in [0.4, 0.5) is 4.79 Å². The molecule has 0 radical (unpaired) electrons. The summed E-state index contributed by atoms with van der Waals surface area (Å²) in [5.74, 6) is 0.417. The van der Waals surface area contributed by atoms with Crippen LogP contribution in [0.15, 0.2) is 51.8 Å². The van der Waals surface area contributed by atoms with E-state index in [9.17, 15) is 9.59 Å². The van der Waals surface area contributed by atoms with Gasteiger partial charge in [0.05, 0.1) is 9.38 Å². The molecule has 2 amide bonds. The maximum absolute atomic E-state index is 12.5. The van der Waals surface area contributed by atoms with Crippen molar-refractivity contribution in [2.24, 2.45) is 0 Å². The fourth-order valence-electron chi connectivity index (χ4n) is 2.68. The first-order valence-corrected chi connectivity index (χ1v) is 10.9. The van der Waals surface area contributed by atoms with Crippen molar-refractivity contribution in [3.63, 3.8) is 0 Å². The molecule has 0 aliphatic carbocycles. The minimum Gasteiger partial charge on any atom is -0.488 e. The third kappa shape index (κ3) is 5.85. The topological polar surface area (TPSA) is 55.8 Å². The van der Waals surface area contributed by atoms with Gasteiger partial charge in [-0.05, 0) is 75.6 Å². The molecule has 1 fully saturated rings. The highest BCUT2D eigenvalue weighted by molar-refractivity contribution is 9.10. The number of hydrogen-bond acceptors (Lipinski definition) is 5. The van der Waals surface area contributed by atoms with Crippen molar-refractivity contribution in [1.82, 2.24) is 4.90 Å². The average Bonchev–Trinajstić information content (AvgIpc) is 2.96. The van der Waals surface area contributed by atoms with Crippen LogP contribution in [0.3, 0.4) is 0 Å². The predicted octanol–water partition coefficient (Wildman–Crippen LogP) is 5.75. The molecule has 3 rings (SSSR count). The molecule has 1 heterocycles. The van der Waals surface area contributed by atoms with Gasteiger partial charge in [-0.25, -0.2) is 0 Å². The molecule has 1 aliphatic heterocycles. The van der Waals surface area contributed by atoms with Crippen molar-refractivity contribution in [1.29, 1.82) is 0 Å². The van der Waals surface area contributed by atoms with Crippen molar-refractivity contribution in [2.75, 3.05) is 20.3 Å². The molecule has 0 bridgehead atoms. The Morgan fingerprint density at radius 1 is 1.17 bits per heavy atom. The van der Waals surface area contributed by atoms with E-state index in [1.807, 2.05) is 42.5 Å². The molecule has 0 spiro atoms. The number of amides is 2. The van der Waals surface area contributed by atoms with E-state index >= 15 is 0 Å². The van der Waals surface area contributed by atoms with Gasteiger partial charge < -0.3 is 9.47 Å². The van der Waals surface area contributed by atoms with Crippen LogP contribution < -0.4 is 4.74 Å². The van der Waals surface area contributed by atoms with Gasteiger partial charge in [-0.2, -0.15) is 0 Å². The van der Waals surface area contributed by atoms with Gasteiger partial charge in [0.15, 0.2) is 0 Å². The Labute approximate surface area is 187 Å². The number of nitrogens with zero attached hydrogens (tertiary/aromatic N) is 1. The van der Waals surface area contributed by atoms with Crippen molar-refractivity contribution in [3.8, 4) is 5.75 Å². The third-order valence-corrected chi connectivity index (χ3v) is 5.94. The summed E-state index contributed by atoms with van der Waals surface area (Å²) in [5, 5.41) is 0.432. The number of benzene rings is 2. The summed E-state index contributed by atoms with van der Waals surface area (Å²) in [6.45, 7) is 1.28. The van der Waals surface area contributed by atoms with Gasteiger partial charge >= 0.3 is 0 Å². The van der Waals surface area contributed by atoms with E-state index in [1.54, 1.807) is 13.2 Å². The maximum Gasteiger partial charge on any atom is 0.293 e. The molecule has 1 saturated heterocycles. The first-order valence-electron chi connectivity index (χ1n) is 8.89. The number of ether oxygens (including phenoxy) is 2. The lowest BCUT2D eigenvalue weighted by molar-refractivity contribution is -0.122. The number of imide groups is 1. The first kappa shape index (κ1) is 21.9. The molecule has 5 nitrogen and oxygen atoms in total. The number of hydrogen-bond donors (Lipinski definition) is 0. The molecule has 2 aromatic rings. The monoisotopic (exact) mass is 495 g/mol. The van der Waals surface area contributed by atoms with Crippen LogP contribution in [0.2, 0.25) is 5.02 Å². The number of rotatable bonds is 8. The van der Waals surface area contributed by atoms with E-state index < -0.39 is 0 Å². The summed E-state index contributed by atoms with van der Waals surface area (Å²) < 4.78 is 11.6. The molecule has 29 heavy (non-hydrogen) atoms. The van der Waals surface area contributed by atoms with Crippen LogP contribution >= 0.6 is 39.3 Å². The standard InChI is InChI=1S/C21H19BrClNO4S/c1-27-10-2-9-24-20(25)19(29-21(24)26)12-15-5-8-18(17(22)11-15)28-13-14-3-6-16(23)7-4-14/h3-8,11-12H,2,9-10,13H2,1H3/b19-12+. The van der Waals surface area contributed by atoms with Gasteiger partial charge in [0.2, 0.25) is 0 Å². The van der Waals surface area contributed by atoms with Crippen LogP contribution in [0.25, 0.3) is 6.08 Å². The summed E-state index contributed by atoms with van der Waals surface area (Å²) in [4.78, 5) is 26.2. The molecule has 8 heteroatoms. The lowest BCUT2D eigenvalue weighted by atomic mass is 10.2. The largest absolute Gasteiger partial charge is 0.488 e. The molecule has 1 aliphatic rings. The quantitative estimate of drug-likeness (QED) is 0.344. The van der Waals surface area contributed by atoms with Crippen LogP contribution in [-0.4, -0.2) is 36.3 Å². The second kappa shape index (κ2) is 10.3. The van der Waals surface area contributed by atoms with E-state index in [0.29, 0.717) is 41.9 Å². The van der Waals surface area contributed by atoms with Crippen molar-refractivity contribution in [2.45, 2.75) is 13.0 Å². The van der Waals surface area contributed by atoms with Gasteiger partial charge in [0, 0.05) is 25.3 Å². The van der Waals surface area contributed by atoms with Crippen LogP contribution in [0.1, 0.15) is 17.5 Å². The Hall–Kier alpha value is -1.80. The van der Waals surface area contributed by atoms with Crippen LogP contribution in [0.5, 0.6) is 5.75 Å². The van der Waals surface area contributed by atoms with Gasteiger partial charge in [0.25, 0.3) is 11.1 Å². The molecule has 0 saturated carbocycles. The normalized spacial score (nSPS) is 15.4. The van der Waals surface area contributed by atoms with Gasteiger partial charge in [-0.3, -0.25) is 14.5 Å². The molecule has 0 N–H and O–H groups in total. The molecule has 2 aromatic carbocycles. The number of thioether (sulfide) groups is 1. The maximum atomic E-state index is 12.5. The second-order valence-electron chi connectivity index (χ2n) is 6.28. The number of methoxy groups -OCH3 is 1. The van der Waals surface area contributed by atoms with Gasteiger partial charge in [-0.1, -0.05) is 29.8 Å². The average molecular weight is 497 g/mol. The third-order valence-electron chi connectivity index (χ3n) is 4.17. The highest BCUT2D eigenvalue weighted by Crippen LogP contribution is 2.34. The Balaban J connectivity index is 1.65. The van der Waals surface area contributed by atoms with Crippen molar-refractivity contribution in [3.05, 3.63) is 68.0 Å². The highest BCUT2D eigenvalue weighted by Gasteiger charge is 2.34.